The van der Waals surface area contributed by atoms with Crippen molar-refractivity contribution in [2.45, 2.75) is 221 Å². The minimum Gasteiger partial charge on any atom is -0.870 e. The number of carbonyl (C=O) groups excluding carboxylic acids is 8. The first-order valence-corrected chi connectivity index (χ1v) is 48.3. The van der Waals surface area contributed by atoms with Crippen LogP contribution in [0.5, 0.6) is 0 Å². The van der Waals surface area contributed by atoms with Gasteiger partial charge in [-0.2, -0.15) is 65.3 Å². The van der Waals surface area contributed by atoms with Crippen LogP contribution in [0.25, 0.3) is 0 Å². The molecule has 16 bridgehead atoms. The number of carboxylic acid groups (broad SMARTS) is 1. The van der Waals surface area contributed by atoms with Gasteiger partial charge < -0.3 is 50.4 Å². The predicted molar refractivity (Wildman–Crippen MR) is 467 cm³/mol. The van der Waals surface area contributed by atoms with Crippen molar-refractivity contribution in [3.63, 3.8) is 0 Å². The monoisotopic (exact) mass is 2210 g/mol. The van der Waals surface area contributed by atoms with Crippen molar-refractivity contribution < 1.29 is 311 Å². The number of aliphatic carboxylic acids is 1. The normalized spacial score (nSPS) is 26.2. The summed E-state index contributed by atoms with van der Waals surface area (Å²) in [5, 5.41) is 35.1. The molecule has 16 aliphatic rings. The molecule has 0 aromatic heterocycles. The number of hydrogen-bond donors (Lipinski definition) is 3. The van der Waals surface area contributed by atoms with E-state index in [1.807, 2.05) is 0 Å². The molecule has 0 heterocycles. The number of esters is 4. The average molecular weight is 2210 g/mol. The molecule has 0 spiro atoms. The first kappa shape index (κ1) is 133. The smallest absolute Gasteiger partial charge is 0.870 e. The van der Waals surface area contributed by atoms with Gasteiger partial charge in [-0.1, -0.05) is 124 Å². The number of hydrogen-bond acceptors (Lipinski definition) is 32. The van der Waals surface area contributed by atoms with Crippen molar-refractivity contribution in [3.05, 3.63) is 182 Å². The summed E-state index contributed by atoms with van der Waals surface area (Å²) in [6.45, 7) is 0. The maximum absolute atomic E-state index is 13.4. The van der Waals surface area contributed by atoms with E-state index in [4.69, 9.17) is 29.1 Å². The number of benzene rings is 6. The second-order valence-corrected chi connectivity index (χ2v) is 42.9. The number of rotatable bonds is 27. The molecule has 30 nitrogen and oxygen atoms in total. The second-order valence-electron chi connectivity index (χ2n) is 34.1. The maximum atomic E-state index is 13.4. The largest absolute Gasteiger partial charge is 1.00 e. The average Bonchev–Trinajstić information content (AvgIpc) is 0.725. The number of alkyl halides is 10. The van der Waals surface area contributed by atoms with Crippen molar-refractivity contribution in [2.24, 2.45) is 71.0 Å². The van der Waals surface area contributed by atoms with E-state index in [0.29, 0.717) is 69.5 Å². The van der Waals surface area contributed by atoms with Crippen LogP contribution in [0, 0.1) is 71.0 Å². The Hall–Kier alpha value is -3.64. The van der Waals surface area contributed by atoms with E-state index in [1.54, 1.807) is 0 Å². The molecule has 762 valence electrons. The van der Waals surface area contributed by atoms with E-state index in [9.17, 15) is 116 Å². The molecule has 53 heteroatoms. The van der Waals surface area contributed by atoms with Gasteiger partial charge in [-0.25, -0.2) is 24.0 Å². The van der Waals surface area contributed by atoms with Gasteiger partial charge in [0.2, 0.25) is 0 Å². The summed E-state index contributed by atoms with van der Waals surface area (Å²) in [5.41, 5.74) is -3.60. The number of ketones is 4. The van der Waals surface area contributed by atoms with E-state index >= 15 is 0 Å². The number of methoxy groups -OCH3 is 1. The summed E-state index contributed by atoms with van der Waals surface area (Å²) < 4.78 is 200. The molecule has 16 fully saturated rings. The number of carboxylic acids is 1. The van der Waals surface area contributed by atoms with Crippen LogP contribution >= 0.6 is 60.6 Å². The SMILES string of the molecule is C.C.COC(=O)C(F)(F)SOOF.Cl.O=C(O)C(F)(F)SOO[O-].O=C1C2CC3CC1CC(O)(C3)C2.O=C1C2CC3CC1CC(OC(=O)C(F)(F)S(=O)(=O)O)(C3)C2.O=C1C2CC3CC1CC(OC(=O)C(F)(F)SOO[O-])(C3)C2.O=C1C2CC3CC1CC(OC(=O)C(F)(F)SOO[O-])(C3)C2.[Na+].[Na+].[Na+].[Na+].[OH-].c1ccc([S+](c2ccccc2)c2ccccc2)cc1.c1ccc([S+](c2ccccc2)c2ccccc2)cc1. The van der Waals surface area contributed by atoms with Gasteiger partial charge in [-0.3, -0.25) is 38.8 Å². The van der Waals surface area contributed by atoms with Crippen LogP contribution in [0.3, 0.4) is 0 Å². The zero-order chi connectivity index (χ0) is 97.4. The van der Waals surface area contributed by atoms with E-state index in [-0.39, 0.29) is 268 Å². The Balaban J connectivity index is 0.000000419. The van der Waals surface area contributed by atoms with Crippen LogP contribution in [0.2, 0.25) is 0 Å². The third kappa shape index (κ3) is 34.7. The van der Waals surface area contributed by atoms with Crippen LogP contribution in [-0.2, 0) is 132 Å². The molecular formula is C89H98ClF11Na4O30S7+2. The molecule has 142 heavy (non-hydrogen) atoms. The zero-order valence-electron chi connectivity index (χ0n) is 75.2. The Morgan fingerprint density at radius 3 is 0.789 bits per heavy atom. The van der Waals surface area contributed by atoms with E-state index in [2.05, 4.69) is 224 Å². The molecule has 0 saturated heterocycles. The van der Waals surface area contributed by atoms with Crippen LogP contribution in [0.4, 0.5) is 48.4 Å². The summed E-state index contributed by atoms with van der Waals surface area (Å²) in [6, 6.07) is 64.3. The fourth-order valence-electron chi connectivity index (χ4n) is 20.6. The molecule has 8 unspecified atom stereocenters. The van der Waals surface area contributed by atoms with Crippen LogP contribution in [-0.4, -0.2) is 137 Å². The Morgan fingerprint density at radius 2 is 0.577 bits per heavy atom. The third-order valence-electron chi connectivity index (χ3n) is 24.9. The number of halogens is 12. The standard InChI is InChI=1S/2C18H15S.3C12H14F2O6S.C10H14O2.C3H3F3O4S.C2H2F2O5S.2CH4.ClH.4Na.H2O/c2*1-4-10-16(11-5-1)19(17-12-6-2-7-13-17)18-14-8-3-9-15-18;13-12(14,21(17,18)19)10(16)20-11-3-6-1-7(4-11)9(15)8(2-6)5-11;2*13-12(14,21-20-19-17)10(16)18-11-3-6-1-7(4-11)9(15)8(2-6)5-11;11-9-7-1-6-2-8(9)5-10(12,3-6)4-7;1-8-2(7)3(4,5)11-10-9-6;3-2(4,1(5)6)10-9-8-7;;;;;;;;/h2*1-15H;6-8H,1-5H2,(H,17,18,19);2*6-8,17H,1-5H2;6-8,12H,1-5H2;1H3;7H,(H,5,6);2*1H4;1H;;;;;1H2/q2*+1;;;;;;;;;;4*+1;/p-4. The minimum absolute atomic E-state index is 0. The van der Waals surface area contributed by atoms with Gasteiger partial charge in [-0.15, -0.1) is 16.7 Å². The van der Waals surface area contributed by atoms with Gasteiger partial charge in [0.1, 0.15) is 88.1 Å². The van der Waals surface area contributed by atoms with Crippen LogP contribution in [0.15, 0.2) is 211 Å². The maximum Gasteiger partial charge on any atom is 1.00 e. The van der Waals surface area contributed by atoms with Crippen molar-refractivity contribution >= 4 is 145 Å². The Labute approximate surface area is 927 Å². The van der Waals surface area contributed by atoms with Gasteiger partial charge in [-0.05, 0) is 235 Å². The Bertz CT molecular complexity index is 4700. The van der Waals surface area contributed by atoms with Gasteiger partial charge >= 0.3 is 184 Å². The molecule has 0 radical (unpaired) electrons. The summed E-state index contributed by atoms with van der Waals surface area (Å²) in [7, 11) is -5.14. The zero-order valence-corrected chi connectivity index (χ0v) is 89.7. The summed E-state index contributed by atoms with van der Waals surface area (Å²) in [6.07, 6.45) is 11.9. The fourth-order valence-corrected chi connectivity index (χ4v) is 26.0. The van der Waals surface area contributed by atoms with Gasteiger partial charge in [0, 0.05) is 47.3 Å². The van der Waals surface area contributed by atoms with Gasteiger partial charge in [0.25, 0.3) is 0 Å². The van der Waals surface area contributed by atoms with Crippen molar-refractivity contribution in [1.29, 1.82) is 0 Å². The first-order valence-electron chi connectivity index (χ1n) is 41.5. The molecule has 22 rings (SSSR count). The Kier molecular flexibility index (Phi) is 54.4. The van der Waals surface area contributed by atoms with Crippen molar-refractivity contribution in [2.75, 3.05) is 7.11 Å². The predicted octanol–water partition coefficient (Wildman–Crippen LogP) is 4.43. The molecule has 16 aliphatic carbocycles. The quantitative estimate of drug-likeness (QED) is 0.00738. The number of Topliss-reactive ketones (excluding diaryl/α,β-unsaturated/α-hetero) is 4. The molecule has 6 aromatic rings. The number of ether oxygens (including phenoxy) is 4. The van der Waals surface area contributed by atoms with E-state index in [0.717, 1.165) is 64.9 Å². The third-order valence-corrected chi connectivity index (χ3v) is 32.2. The fraction of sp³-hybridized carbons (Fsp3) is 0.494. The summed E-state index contributed by atoms with van der Waals surface area (Å²) in [4.78, 5) is 110. The molecular weight excluding hydrogens is 2110 g/mol. The molecule has 8 atom stereocenters. The molecule has 0 amide bonds. The van der Waals surface area contributed by atoms with E-state index in [1.165, 1.54) is 29.4 Å². The second kappa shape index (κ2) is 58.3. The molecule has 4 N–H and O–H groups in total. The molecule has 6 aromatic carbocycles. The number of aliphatic hydroxyl groups is 1. The van der Waals surface area contributed by atoms with Gasteiger partial charge in [0.15, 0.2) is 29.4 Å². The molecule has 0 aliphatic heterocycles. The summed E-state index contributed by atoms with van der Waals surface area (Å²) >= 11 is -3.06. The Morgan fingerprint density at radius 1 is 0.366 bits per heavy atom. The van der Waals surface area contributed by atoms with E-state index < -0.39 is 137 Å². The first-order chi connectivity index (χ1) is 63.3. The topological polar surface area (TPSA) is 458 Å². The van der Waals surface area contributed by atoms with Gasteiger partial charge in [0.05, 0.1) is 34.5 Å². The summed E-state index contributed by atoms with van der Waals surface area (Å²) in [5.74, 6) is -8.81. The van der Waals surface area contributed by atoms with Crippen LogP contribution < -0.4 is 134 Å². The number of carbonyl (C=O) groups is 9. The van der Waals surface area contributed by atoms with Crippen LogP contribution in [0.1, 0.15) is 143 Å². The van der Waals surface area contributed by atoms with Crippen molar-refractivity contribution in [3.8, 4) is 0 Å². The minimum atomic E-state index is -5.87. The molecule has 16 saturated carbocycles. The van der Waals surface area contributed by atoms with Crippen molar-refractivity contribution in [1.82, 2.24) is 0 Å².